The first kappa shape index (κ1) is 23.1. The molecule has 1 saturated heterocycles. The minimum atomic E-state index is -1.32. The van der Waals surface area contributed by atoms with Gasteiger partial charge in [0.1, 0.15) is 16.1 Å². The number of carboxylic acid groups (broad SMARTS) is 1. The highest BCUT2D eigenvalue weighted by molar-refractivity contribution is 7.24. The Balaban J connectivity index is 1.62. The third kappa shape index (κ3) is 3.64. The van der Waals surface area contributed by atoms with Crippen molar-refractivity contribution in [2.45, 2.75) is 6.04 Å². The molecular formula is C27H22N4O5S. The van der Waals surface area contributed by atoms with Gasteiger partial charge in [0.2, 0.25) is 5.43 Å². The first-order valence-corrected chi connectivity index (χ1v) is 12.6. The fourth-order valence-electron chi connectivity index (χ4n) is 5.27. The fraction of sp³-hybridized carbons (Fsp3) is 0.185. The summed E-state index contributed by atoms with van der Waals surface area (Å²) in [5.74, 6) is -1.32. The van der Waals surface area contributed by atoms with Crippen LogP contribution in [0.15, 0.2) is 71.5 Å². The van der Waals surface area contributed by atoms with E-state index in [1.165, 1.54) is 23.5 Å². The van der Waals surface area contributed by atoms with Crippen LogP contribution >= 0.6 is 11.3 Å². The fourth-order valence-corrected chi connectivity index (χ4v) is 6.46. The Labute approximate surface area is 214 Å². The van der Waals surface area contributed by atoms with Crippen LogP contribution in [-0.2, 0) is 0 Å². The van der Waals surface area contributed by atoms with Gasteiger partial charge in [-0.15, -0.1) is 11.3 Å². The second-order valence-electron chi connectivity index (χ2n) is 9.19. The van der Waals surface area contributed by atoms with E-state index in [1.807, 2.05) is 66.5 Å². The number of hydrogen-bond donors (Lipinski definition) is 1. The third-order valence-corrected chi connectivity index (χ3v) is 8.26. The lowest BCUT2D eigenvalue weighted by atomic mass is 10.0. The third-order valence-electron chi connectivity index (χ3n) is 7.12. The summed E-state index contributed by atoms with van der Waals surface area (Å²) in [4.78, 5) is 42.0. The van der Waals surface area contributed by atoms with E-state index in [2.05, 4.69) is 4.90 Å². The summed E-state index contributed by atoms with van der Waals surface area (Å²) in [6, 6.07) is 20.2. The van der Waals surface area contributed by atoms with Gasteiger partial charge in [0.15, 0.2) is 0 Å². The number of para-hydroxylation sites is 1. The number of nitrogens with zero attached hydrogens (tertiary/aromatic N) is 4. The zero-order valence-corrected chi connectivity index (χ0v) is 20.6. The van der Waals surface area contributed by atoms with Gasteiger partial charge in [-0.05, 0) is 30.8 Å². The van der Waals surface area contributed by atoms with Crippen LogP contribution in [-0.4, -0.2) is 52.0 Å². The Morgan fingerprint density at radius 1 is 1.05 bits per heavy atom. The number of nitro groups is 1. The molecule has 1 aliphatic heterocycles. The average Bonchev–Trinajstić information content (AvgIpc) is 3.28. The summed E-state index contributed by atoms with van der Waals surface area (Å²) >= 11 is 1.19. The highest BCUT2D eigenvalue weighted by atomic mass is 32.1. The van der Waals surface area contributed by atoms with Crippen molar-refractivity contribution in [1.82, 2.24) is 9.30 Å². The van der Waals surface area contributed by atoms with E-state index in [1.54, 1.807) is 4.40 Å². The van der Waals surface area contributed by atoms with Crippen molar-refractivity contribution in [2.75, 3.05) is 31.6 Å². The van der Waals surface area contributed by atoms with E-state index in [0.717, 1.165) is 10.3 Å². The number of carbonyl (C=O) groups is 1. The number of likely N-dealkylation sites (N-methyl/N-ethyl adjacent to an activating group) is 1. The number of anilines is 1. The predicted octanol–water partition coefficient (Wildman–Crippen LogP) is 4.77. The average molecular weight is 515 g/mol. The molecule has 3 aromatic carbocycles. The molecule has 37 heavy (non-hydrogen) atoms. The summed E-state index contributed by atoms with van der Waals surface area (Å²) in [7, 11) is 2.02. The number of aromatic carboxylic acids is 1. The number of pyridine rings is 1. The van der Waals surface area contributed by atoms with Crippen molar-refractivity contribution in [3.05, 3.63) is 98.2 Å². The number of aromatic nitrogens is 1. The number of carboxylic acids is 1. The monoisotopic (exact) mass is 514 g/mol. The van der Waals surface area contributed by atoms with Crippen molar-refractivity contribution < 1.29 is 14.8 Å². The van der Waals surface area contributed by atoms with Crippen molar-refractivity contribution in [1.29, 1.82) is 0 Å². The van der Waals surface area contributed by atoms with Crippen LogP contribution in [0.2, 0.25) is 0 Å². The smallest absolute Gasteiger partial charge is 0.342 e. The first-order chi connectivity index (χ1) is 17.8. The van der Waals surface area contributed by atoms with Crippen LogP contribution in [0.3, 0.4) is 0 Å². The zero-order valence-electron chi connectivity index (χ0n) is 19.8. The van der Waals surface area contributed by atoms with Gasteiger partial charge in [-0.1, -0.05) is 42.5 Å². The van der Waals surface area contributed by atoms with Gasteiger partial charge in [-0.25, -0.2) is 4.79 Å². The van der Waals surface area contributed by atoms with Crippen LogP contribution in [0.4, 0.5) is 11.4 Å². The second-order valence-corrected chi connectivity index (χ2v) is 10.2. The molecule has 0 spiro atoms. The number of nitro benzene ring substituents is 1. The number of rotatable bonds is 4. The highest BCUT2D eigenvalue weighted by Gasteiger charge is 2.31. The number of benzene rings is 3. The molecule has 1 atom stereocenters. The maximum absolute atomic E-state index is 13.5. The zero-order chi connectivity index (χ0) is 25.8. The maximum Gasteiger partial charge on any atom is 0.342 e. The van der Waals surface area contributed by atoms with Crippen LogP contribution in [0.25, 0.3) is 25.9 Å². The molecule has 0 radical (unpaired) electrons. The second kappa shape index (κ2) is 8.68. The van der Waals surface area contributed by atoms with E-state index in [4.69, 9.17) is 0 Å². The SMILES string of the molecule is CN1CCN(c2cc3c(=O)c(C(=O)O)c4sc5ccccc5n4c3cc2[N+](=O)[O-])CC1c1ccccc1. The molecule has 0 saturated carbocycles. The highest BCUT2D eigenvalue weighted by Crippen LogP contribution is 2.38. The number of hydrogen-bond acceptors (Lipinski definition) is 7. The van der Waals surface area contributed by atoms with E-state index in [9.17, 15) is 24.8 Å². The molecule has 1 unspecified atom stereocenters. The van der Waals surface area contributed by atoms with Crippen molar-refractivity contribution in [3.8, 4) is 0 Å². The lowest BCUT2D eigenvalue weighted by Gasteiger charge is -2.40. The quantitative estimate of drug-likeness (QED) is 0.272. The Bertz CT molecular complexity index is 1780. The lowest BCUT2D eigenvalue weighted by molar-refractivity contribution is -0.384. The lowest BCUT2D eigenvalue weighted by Crippen LogP contribution is -2.47. The minimum absolute atomic E-state index is 0.00391. The Hall–Kier alpha value is -4.28. The van der Waals surface area contributed by atoms with Gasteiger partial charge >= 0.3 is 5.97 Å². The molecule has 186 valence electrons. The molecule has 1 N–H and O–H groups in total. The number of piperazine rings is 1. The van der Waals surface area contributed by atoms with Crippen LogP contribution in [0.1, 0.15) is 22.0 Å². The molecule has 10 heteroatoms. The van der Waals surface area contributed by atoms with Crippen LogP contribution in [0.5, 0.6) is 0 Å². The maximum atomic E-state index is 13.5. The van der Waals surface area contributed by atoms with Crippen molar-refractivity contribution in [3.63, 3.8) is 0 Å². The molecule has 1 aliphatic rings. The largest absolute Gasteiger partial charge is 0.477 e. The molecule has 9 nitrogen and oxygen atoms in total. The first-order valence-electron chi connectivity index (χ1n) is 11.8. The van der Waals surface area contributed by atoms with Gasteiger partial charge in [0, 0.05) is 31.1 Å². The Kier molecular flexibility index (Phi) is 5.43. The van der Waals surface area contributed by atoms with Crippen LogP contribution in [0, 0.1) is 10.1 Å². The molecule has 6 rings (SSSR count). The predicted molar refractivity (Wildman–Crippen MR) is 144 cm³/mol. The van der Waals surface area contributed by atoms with Crippen molar-refractivity contribution in [2.24, 2.45) is 0 Å². The number of thiazole rings is 1. The van der Waals surface area contributed by atoms with E-state index in [0.29, 0.717) is 36.4 Å². The Morgan fingerprint density at radius 2 is 1.78 bits per heavy atom. The normalized spacial score (nSPS) is 16.6. The molecule has 0 bridgehead atoms. The number of fused-ring (bicyclic) bond motifs is 5. The molecule has 0 aliphatic carbocycles. The van der Waals surface area contributed by atoms with Gasteiger partial charge in [0.05, 0.1) is 26.7 Å². The van der Waals surface area contributed by atoms with Gasteiger partial charge in [-0.2, -0.15) is 0 Å². The molecule has 2 aromatic heterocycles. The van der Waals surface area contributed by atoms with E-state index in [-0.39, 0.29) is 27.5 Å². The molecule has 3 heterocycles. The molecule has 0 amide bonds. The van der Waals surface area contributed by atoms with Crippen LogP contribution < -0.4 is 10.3 Å². The van der Waals surface area contributed by atoms with Gasteiger partial charge < -0.3 is 10.0 Å². The topological polar surface area (TPSA) is 108 Å². The Morgan fingerprint density at radius 3 is 2.51 bits per heavy atom. The molecule has 5 aromatic rings. The van der Waals surface area contributed by atoms with Crippen molar-refractivity contribution >= 4 is 54.6 Å². The standard InChI is InChI=1S/C27H22N4O5S/c1-28-11-12-29(15-22(28)16-7-3-2-4-8-16)20-13-17-19(14-21(20)31(35)36)30-18-9-5-6-10-23(18)37-26(30)24(25(17)32)27(33)34/h2-10,13-14,22H,11-12,15H2,1H3,(H,33,34). The van der Waals surface area contributed by atoms with E-state index < -0.39 is 16.3 Å². The summed E-state index contributed by atoms with van der Waals surface area (Å²) in [6.07, 6.45) is 0. The summed E-state index contributed by atoms with van der Waals surface area (Å²) in [6.45, 7) is 1.69. The summed E-state index contributed by atoms with van der Waals surface area (Å²) in [5, 5.41) is 22.4. The van der Waals surface area contributed by atoms with E-state index >= 15 is 0 Å². The minimum Gasteiger partial charge on any atom is -0.477 e. The molecular weight excluding hydrogens is 492 g/mol. The summed E-state index contributed by atoms with van der Waals surface area (Å²) in [5.41, 5.74) is 1.35. The molecule has 1 fully saturated rings. The summed E-state index contributed by atoms with van der Waals surface area (Å²) < 4.78 is 2.45. The van der Waals surface area contributed by atoms with Gasteiger partial charge in [0.25, 0.3) is 5.69 Å². The van der Waals surface area contributed by atoms with Gasteiger partial charge in [-0.3, -0.25) is 24.2 Å².